The van der Waals surface area contributed by atoms with Gasteiger partial charge >= 0.3 is 0 Å². The summed E-state index contributed by atoms with van der Waals surface area (Å²) < 4.78 is 0. The fourth-order valence-electron chi connectivity index (χ4n) is 2.59. The Morgan fingerprint density at radius 1 is 1.32 bits per heavy atom. The molecule has 19 heavy (non-hydrogen) atoms. The summed E-state index contributed by atoms with van der Waals surface area (Å²) in [7, 11) is 0. The van der Waals surface area contributed by atoms with Gasteiger partial charge in [-0.2, -0.15) is 0 Å². The van der Waals surface area contributed by atoms with Crippen LogP contribution in [0.1, 0.15) is 19.3 Å². The van der Waals surface area contributed by atoms with E-state index in [1.54, 1.807) is 4.90 Å². The first-order valence-corrected chi connectivity index (χ1v) is 7.43. The highest BCUT2D eigenvalue weighted by molar-refractivity contribution is 6.21. The number of rotatable bonds is 4. The largest absolute Gasteiger partial charge is 0.326 e. The molecule has 1 aromatic rings. The van der Waals surface area contributed by atoms with E-state index in [1.165, 1.54) is 0 Å². The van der Waals surface area contributed by atoms with Crippen molar-refractivity contribution in [1.29, 1.82) is 0 Å². The van der Waals surface area contributed by atoms with E-state index in [0.717, 1.165) is 18.5 Å². The lowest BCUT2D eigenvalue weighted by molar-refractivity contribution is -0.118. The summed E-state index contributed by atoms with van der Waals surface area (Å²) in [4.78, 5) is 14.1. The third-order valence-corrected chi connectivity index (χ3v) is 4.01. The zero-order valence-corrected chi connectivity index (χ0v) is 12.1. The van der Waals surface area contributed by atoms with Crippen LogP contribution >= 0.6 is 23.2 Å². The highest BCUT2D eigenvalue weighted by Gasteiger charge is 2.37. The Morgan fingerprint density at radius 2 is 2.00 bits per heavy atom. The Morgan fingerprint density at radius 3 is 2.53 bits per heavy atom. The SMILES string of the molecule is NC1CC(Cl)CC1N(C(=O)CCCl)c1ccccc1. The molecule has 0 spiro atoms. The molecule has 0 aliphatic heterocycles. The normalized spacial score (nSPS) is 26.4. The van der Waals surface area contributed by atoms with Crippen LogP contribution in [-0.4, -0.2) is 29.2 Å². The fourth-order valence-corrected chi connectivity index (χ4v) is 3.14. The number of carbonyl (C=O) groups excluding carboxylic acids is 1. The van der Waals surface area contributed by atoms with Crippen LogP contribution in [0, 0.1) is 0 Å². The van der Waals surface area contributed by atoms with Gasteiger partial charge in [0.25, 0.3) is 0 Å². The average Bonchev–Trinajstić information content (AvgIpc) is 2.70. The number of anilines is 1. The number of alkyl halides is 2. The van der Waals surface area contributed by atoms with Crippen molar-refractivity contribution in [2.75, 3.05) is 10.8 Å². The number of benzene rings is 1. The Balaban J connectivity index is 2.27. The van der Waals surface area contributed by atoms with Crippen molar-refractivity contribution in [3.05, 3.63) is 30.3 Å². The highest BCUT2D eigenvalue weighted by Crippen LogP contribution is 2.31. The highest BCUT2D eigenvalue weighted by atomic mass is 35.5. The molecule has 1 fully saturated rings. The smallest absolute Gasteiger partial charge is 0.228 e. The molecule has 0 saturated heterocycles. The van der Waals surface area contributed by atoms with Crippen LogP contribution in [0.2, 0.25) is 0 Å². The number of nitrogens with zero attached hydrogens (tertiary/aromatic N) is 1. The minimum Gasteiger partial charge on any atom is -0.326 e. The molecule has 0 radical (unpaired) electrons. The van der Waals surface area contributed by atoms with Crippen molar-refractivity contribution in [2.24, 2.45) is 5.73 Å². The van der Waals surface area contributed by atoms with Crippen LogP contribution in [-0.2, 0) is 4.79 Å². The number of para-hydroxylation sites is 1. The minimum atomic E-state index is -0.0815. The summed E-state index contributed by atoms with van der Waals surface area (Å²) in [6.45, 7) is 0. The molecule has 3 atom stereocenters. The molecule has 0 aromatic heterocycles. The lowest BCUT2D eigenvalue weighted by Crippen LogP contribution is -2.48. The molecular weight excluding hydrogens is 283 g/mol. The zero-order chi connectivity index (χ0) is 13.8. The first-order chi connectivity index (χ1) is 9.13. The second kappa shape index (κ2) is 6.60. The van der Waals surface area contributed by atoms with Crippen molar-refractivity contribution >= 4 is 34.8 Å². The fraction of sp³-hybridized carbons (Fsp3) is 0.500. The summed E-state index contributed by atoms with van der Waals surface area (Å²) in [5.74, 6) is 0.321. The monoisotopic (exact) mass is 300 g/mol. The predicted molar refractivity (Wildman–Crippen MR) is 79.9 cm³/mol. The van der Waals surface area contributed by atoms with Gasteiger partial charge in [0.15, 0.2) is 0 Å². The van der Waals surface area contributed by atoms with E-state index >= 15 is 0 Å². The lowest BCUT2D eigenvalue weighted by Gasteiger charge is -2.31. The van der Waals surface area contributed by atoms with Gasteiger partial charge in [0.1, 0.15) is 0 Å². The molecule has 1 aliphatic rings. The maximum absolute atomic E-state index is 12.3. The third kappa shape index (κ3) is 3.41. The molecule has 104 valence electrons. The molecule has 5 heteroatoms. The van der Waals surface area contributed by atoms with Crippen molar-refractivity contribution in [3.8, 4) is 0 Å². The second-order valence-electron chi connectivity index (χ2n) is 4.84. The van der Waals surface area contributed by atoms with Gasteiger partial charge in [0.2, 0.25) is 5.91 Å². The van der Waals surface area contributed by atoms with E-state index in [0.29, 0.717) is 12.3 Å². The number of amides is 1. The first kappa shape index (κ1) is 14.6. The molecule has 2 N–H and O–H groups in total. The third-order valence-electron chi connectivity index (χ3n) is 3.46. The maximum atomic E-state index is 12.3. The standard InChI is InChI=1S/C14H18Cl2N2O/c15-7-6-14(19)18(11-4-2-1-3-5-11)13-9-10(16)8-12(13)17/h1-5,10,12-13H,6-9,17H2. The number of nitrogens with two attached hydrogens (primary N) is 1. The molecule has 0 bridgehead atoms. The van der Waals surface area contributed by atoms with Crippen molar-refractivity contribution in [3.63, 3.8) is 0 Å². The van der Waals surface area contributed by atoms with E-state index in [9.17, 15) is 4.79 Å². The Bertz CT molecular complexity index is 427. The average molecular weight is 301 g/mol. The van der Waals surface area contributed by atoms with Crippen LogP contribution in [0.4, 0.5) is 5.69 Å². The first-order valence-electron chi connectivity index (χ1n) is 6.46. The molecule has 3 nitrogen and oxygen atoms in total. The summed E-state index contributed by atoms with van der Waals surface area (Å²) in [5.41, 5.74) is 6.99. The quantitative estimate of drug-likeness (QED) is 0.869. The van der Waals surface area contributed by atoms with Gasteiger partial charge in [-0.05, 0) is 25.0 Å². The molecule has 0 heterocycles. The van der Waals surface area contributed by atoms with E-state index in [2.05, 4.69) is 0 Å². The van der Waals surface area contributed by atoms with Gasteiger partial charge in [0.05, 0.1) is 6.04 Å². The minimum absolute atomic E-state index is 0.00687. The summed E-state index contributed by atoms with van der Waals surface area (Å²) in [6.07, 6.45) is 1.78. The van der Waals surface area contributed by atoms with Crippen molar-refractivity contribution in [2.45, 2.75) is 36.7 Å². The van der Waals surface area contributed by atoms with Crippen LogP contribution in [0.15, 0.2) is 30.3 Å². The predicted octanol–water partition coefficient (Wildman–Crippen LogP) is 2.75. The van der Waals surface area contributed by atoms with Crippen LogP contribution in [0.3, 0.4) is 0 Å². The number of halogens is 2. The topological polar surface area (TPSA) is 46.3 Å². The van der Waals surface area contributed by atoms with Gasteiger partial charge in [-0.25, -0.2) is 0 Å². The number of hydrogen-bond acceptors (Lipinski definition) is 2. The van der Waals surface area contributed by atoms with E-state index in [4.69, 9.17) is 28.9 Å². The summed E-state index contributed by atoms with van der Waals surface area (Å²) in [5, 5.41) is 0.0370. The van der Waals surface area contributed by atoms with Gasteiger partial charge < -0.3 is 10.6 Å². The van der Waals surface area contributed by atoms with E-state index < -0.39 is 0 Å². The Kier molecular flexibility index (Phi) is 5.08. The molecule has 1 aromatic carbocycles. The van der Waals surface area contributed by atoms with Crippen LogP contribution < -0.4 is 10.6 Å². The summed E-state index contributed by atoms with van der Waals surface area (Å²) in [6, 6.07) is 9.46. The maximum Gasteiger partial charge on any atom is 0.228 e. The van der Waals surface area contributed by atoms with Gasteiger partial charge in [-0.3, -0.25) is 4.79 Å². The molecular formula is C14H18Cl2N2O. The van der Waals surface area contributed by atoms with Crippen molar-refractivity contribution in [1.82, 2.24) is 0 Å². The summed E-state index contributed by atoms with van der Waals surface area (Å²) >= 11 is 11.9. The molecule has 1 amide bonds. The van der Waals surface area contributed by atoms with Gasteiger partial charge in [-0.1, -0.05) is 18.2 Å². The van der Waals surface area contributed by atoms with E-state index in [1.807, 2.05) is 30.3 Å². The Hall–Kier alpha value is -0.770. The van der Waals surface area contributed by atoms with Crippen LogP contribution in [0.5, 0.6) is 0 Å². The van der Waals surface area contributed by atoms with Crippen LogP contribution in [0.25, 0.3) is 0 Å². The van der Waals surface area contributed by atoms with Gasteiger partial charge in [0, 0.05) is 29.4 Å². The Labute approximate surface area is 123 Å². The molecule has 1 aliphatic carbocycles. The lowest BCUT2D eigenvalue weighted by atomic mass is 10.1. The van der Waals surface area contributed by atoms with Crippen molar-refractivity contribution < 1.29 is 4.79 Å². The molecule has 1 saturated carbocycles. The molecule has 3 unspecified atom stereocenters. The second-order valence-corrected chi connectivity index (χ2v) is 5.83. The number of hydrogen-bond donors (Lipinski definition) is 1. The zero-order valence-electron chi connectivity index (χ0n) is 10.6. The van der Waals surface area contributed by atoms with Gasteiger partial charge in [-0.15, -0.1) is 23.2 Å². The number of carbonyl (C=O) groups is 1. The van der Waals surface area contributed by atoms with E-state index in [-0.39, 0.29) is 23.4 Å². The molecule has 2 rings (SSSR count).